The number of nitrogens with zero attached hydrogens (tertiary/aromatic N) is 1. The molecule has 0 radical (unpaired) electrons. The van der Waals surface area contributed by atoms with Crippen LogP contribution in [0.15, 0.2) is 24.3 Å². The van der Waals surface area contributed by atoms with Crippen molar-refractivity contribution in [1.29, 1.82) is 0 Å². The number of hydrogen-bond acceptors (Lipinski definition) is 2. The minimum atomic E-state index is -0.115. The van der Waals surface area contributed by atoms with Crippen LogP contribution < -0.4 is 5.32 Å². The highest BCUT2D eigenvalue weighted by molar-refractivity contribution is 5.17. The van der Waals surface area contributed by atoms with Crippen molar-refractivity contribution < 1.29 is 4.39 Å². The molecule has 0 saturated heterocycles. The number of hydrogen-bond donors (Lipinski definition) is 1. The lowest BCUT2D eigenvalue weighted by Crippen LogP contribution is -2.36. The second-order valence-electron chi connectivity index (χ2n) is 5.05. The van der Waals surface area contributed by atoms with E-state index in [1.54, 1.807) is 6.07 Å². The lowest BCUT2D eigenvalue weighted by molar-refractivity contribution is 0.221. The van der Waals surface area contributed by atoms with E-state index in [9.17, 15) is 4.39 Å². The zero-order valence-corrected chi connectivity index (χ0v) is 11.9. The van der Waals surface area contributed by atoms with E-state index in [0.717, 1.165) is 18.5 Å². The van der Waals surface area contributed by atoms with Crippen molar-refractivity contribution >= 4 is 0 Å². The van der Waals surface area contributed by atoms with E-state index in [4.69, 9.17) is 0 Å². The van der Waals surface area contributed by atoms with Crippen LogP contribution in [0.5, 0.6) is 0 Å². The average molecular weight is 252 g/mol. The fourth-order valence-corrected chi connectivity index (χ4v) is 2.17. The summed E-state index contributed by atoms with van der Waals surface area (Å²) in [6.07, 6.45) is 1.07. The van der Waals surface area contributed by atoms with Crippen LogP contribution in [0.25, 0.3) is 0 Å². The van der Waals surface area contributed by atoms with Crippen molar-refractivity contribution in [2.75, 3.05) is 13.6 Å². The first-order valence-electron chi connectivity index (χ1n) is 6.71. The number of nitrogens with one attached hydrogen (secondary N) is 1. The van der Waals surface area contributed by atoms with E-state index in [2.05, 4.69) is 38.0 Å². The van der Waals surface area contributed by atoms with E-state index in [-0.39, 0.29) is 5.82 Å². The highest BCUT2D eigenvalue weighted by Crippen LogP contribution is 2.13. The van der Waals surface area contributed by atoms with Crippen molar-refractivity contribution in [2.24, 2.45) is 0 Å². The maximum Gasteiger partial charge on any atom is 0.127 e. The van der Waals surface area contributed by atoms with Crippen LogP contribution in [-0.2, 0) is 6.54 Å². The summed E-state index contributed by atoms with van der Waals surface area (Å²) in [6, 6.07) is 7.92. The number of rotatable bonds is 7. The summed E-state index contributed by atoms with van der Waals surface area (Å²) in [5, 5.41) is 3.41. The fourth-order valence-electron chi connectivity index (χ4n) is 2.17. The molecule has 0 amide bonds. The average Bonchev–Trinajstić information content (AvgIpc) is 2.32. The Balaban J connectivity index is 2.49. The molecule has 2 nitrogen and oxygen atoms in total. The number of halogens is 1. The zero-order chi connectivity index (χ0) is 13.5. The molecular weight excluding hydrogens is 227 g/mol. The first-order valence-corrected chi connectivity index (χ1v) is 6.71. The van der Waals surface area contributed by atoms with Gasteiger partial charge >= 0.3 is 0 Å². The van der Waals surface area contributed by atoms with Gasteiger partial charge in [-0.1, -0.05) is 25.1 Å². The van der Waals surface area contributed by atoms with Gasteiger partial charge in [-0.25, -0.2) is 4.39 Å². The van der Waals surface area contributed by atoms with Gasteiger partial charge in [0.1, 0.15) is 5.82 Å². The van der Waals surface area contributed by atoms with E-state index < -0.39 is 0 Å². The summed E-state index contributed by atoms with van der Waals surface area (Å²) in [6.45, 7) is 8.15. The maximum absolute atomic E-state index is 13.6. The van der Waals surface area contributed by atoms with Crippen molar-refractivity contribution in [1.82, 2.24) is 10.2 Å². The van der Waals surface area contributed by atoms with Gasteiger partial charge in [-0.3, -0.25) is 4.90 Å². The summed E-state index contributed by atoms with van der Waals surface area (Å²) < 4.78 is 13.6. The Bertz CT molecular complexity index is 354. The van der Waals surface area contributed by atoms with Crippen LogP contribution in [0.1, 0.15) is 32.8 Å². The minimum Gasteiger partial charge on any atom is -0.314 e. The highest BCUT2D eigenvalue weighted by atomic mass is 19.1. The molecule has 0 spiro atoms. The van der Waals surface area contributed by atoms with E-state index >= 15 is 0 Å². The van der Waals surface area contributed by atoms with Gasteiger partial charge < -0.3 is 5.32 Å². The van der Waals surface area contributed by atoms with Gasteiger partial charge in [-0.2, -0.15) is 0 Å². The molecule has 1 N–H and O–H groups in total. The minimum absolute atomic E-state index is 0.115. The molecule has 0 aliphatic rings. The third-order valence-electron chi connectivity index (χ3n) is 3.38. The smallest absolute Gasteiger partial charge is 0.127 e. The molecule has 1 rings (SSSR count). The molecule has 0 heterocycles. The Morgan fingerprint density at radius 1 is 1.28 bits per heavy atom. The molecule has 1 aromatic carbocycles. The topological polar surface area (TPSA) is 15.3 Å². The molecule has 2 atom stereocenters. The molecular formula is C15H25FN2. The van der Waals surface area contributed by atoms with Crippen LogP contribution in [0.3, 0.4) is 0 Å². The molecule has 0 aromatic heterocycles. The van der Waals surface area contributed by atoms with Gasteiger partial charge in [-0.05, 0) is 39.9 Å². The van der Waals surface area contributed by atoms with Gasteiger partial charge in [0.25, 0.3) is 0 Å². The van der Waals surface area contributed by atoms with Gasteiger partial charge in [0.05, 0.1) is 0 Å². The van der Waals surface area contributed by atoms with Gasteiger partial charge in [-0.15, -0.1) is 0 Å². The standard InChI is InChI=1S/C15H25FN2/c1-5-17-12(2)10-13(3)18(4)11-14-8-6-7-9-15(14)16/h6-9,12-13,17H,5,10-11H2,1-4H3. The Hall–Kier alpha value is -0.930. The monoisotopic (exact) mass is 252 g/mol. The summed E-state index contributed by atoms with van der Waals surface area (Å²) >= 11 is 0. The third kappa shape index (κ3) is 4.75. The maximum atomic E-state index is 13.6. The van der Waals surface area contributed by atoms with E-state index in [1.807, 2.05) is 12.1 Å². The lowest BCUT2D eigenvalue weighted by atomic mass is 10.1. The highest BCUT2D eigenvalue weighted by Gasteiger charge is 2.14. The third-order valence-corrected chi connectivity index (χ3v) is 3.38. The van der Waals surface area contributed by atoms with Crippen LogP contribution in [0.4, 0.5) is 4.39 Å². The van der Waals surface area contributed by atoms with Crippen LogP contribution >= 0.6 is 0 Å². The van der Waals surface area contributed by atoms with Gasteiger partial charge in [0, 0.05) is 24.2 Å². The Kier molecular flexibility index (Phi) is 6.30. The molecule has 0 fully saturated rings. The van der Waals surface area contributed by atoms with Crippen LogP contribution in [-0.4, -0.2) is 30.6 Å². The summed E-state index contributed by atoms with van der Waals surface area (Å²) in [7, 11) is 2.05. The molecule has 102 valence electrons. The summed E-state index contributed by atoms with van der Waals surface area (Å²) in [5.41, 5.74) is 0.767. The van der Waals surface area contributed by atoms with Crippen molar-refractivity contribution in [2.45, 2.75) is 45.8 Å². The summed E-state index contributed by atoms with van der Waals surface area (Å²) in [5.74, 6) is -0.115. The Morgan fingerprint density at radius 2 is 1.94 bits per heavy atom. The second-order valence-corrected chi connectivity index (χ2v) is 5.05. The Labute approximate surface area is 110 Å². The lowest BCUT2D eigenvalue weighted by Gasteiger charge is -2.27. The molecule has 2 unspecified atom stereocenters. The molecule has 0 bridgehead atoms. The van der Waals surface area contributed by atoms with Gasteiger partial charge in [0.15, 0.2) is 0 Å². The normalized spacial score (nSPS) is 14.8. The van der Waals surface area contributed by atoms with E-state index in [1.165, 1.54) is 6.07 Å². The summed E-state index contributed by atoms with van der Waals surface area (Å²) in [4.78, 5) is 2.20. The molecule has 18 heavy (non-hydrogen) atoms. The second kappa shape index (κ2) is 7.49. The molecule has 0 aliphatic heterocycles. The molecule has 1 aromatic rings. The Morgan fingerprint density at radius 3 is 2.56 bits per heavy atom. The largest absolute Gasteiger partial charge is 0.314 e. The van der Waals surface area contributed by atoms with Crippen molar-refractivity contribution in [3.8, 4) is 0 Å². The fraction of sp³-hybridized carbons (Fsp3) is 0.600. The first kappa shape index (κ1) is 15.1. The SMILES string of the molecule is CCNC(C)CC(C)N(C)Cc1ccccc1F. The first-order chi connectivity index (χ1) is 8.54. The molecule has 0 aliphatic carbocycles. The van der Waals surface area contributed by atoms with Crippen molar-refractivity contribution in [3.05, 3.63) is 35.6 Å². The zero-order valence-electron chi connectivity index (χ0n) is 11.9. The predicted molar refractivity (Wildman–Crippen MR) is 75.1 cm³/mol. The van der Waals surface area contributed by atoms with Crippen LogP contribution in [0.2, 0.25) is 0 Å². The van der Waals surface area contributed by atoms with Crippen molar-refractivity contribution in [3.63, 3.8) is 0 Å². The van der Waals surface area contributed by atoms with E-state index in [0.29, 0.717) is 18.6 Å². The number of benzene rings is 1. The van der Waals surface area contributed by atoms with Gasteiger partial charge in [0.2, 0.25) is 0 Å². The predicted octanol–water partition coefficient (Wildman–Crippen LogP) is 3.03. The molecule has 3 heteroatoms. The van der Waals surface area contributed by atoms with Crippen LogP contribution in [0, 0.1) is 5.82 Å². The quantitative estimate of drug-likeness (QED) is 0.802. The molecule has 0 saturated carbocycles.